The summed E-state index contributed by atoms with van der Waals surface area (Å²) in [6, 6.07) is 3.57. The maximum Gasteiger partial charge on any atom is 0.127 e. The summed E-state index contributed by atoms with van der Waals surface area (Å²) in [4.78, 5) is 0.914. The van der Waals surface area contributed by atoms with Crippen LogP contribution in [0.4, 0.5) is 4.39 Å². The molecule has 3 heteroatoms. The monoisotopic (exact) mass is 225 g/mol. The minimum Gasteiger partial charge on any atom is -0.260 e. The average molecular weight is 225 g/mol. The third kappa shape index (κ3) is 3.36. The number of nitrogens with one attached hydrogen (secondary N) is 1. The van der Waals surface area contributed by atoms with Gasteiger partial charge in [-0.2, -0.15) is 0 Å². The first-order chi connectivity index (χ1) is 7.19. The summed E-state index contributed by atoms with van der Waals surface area (Å²) in [5.41, 5.74) is 1.72. The maximum absolute atomic E-state index is 13.5. The van der Waals surface area contributed by atoms with Crippen LogP contribution < -0.4 is 4.72 Å². The molecule has 0 heterocycles. The van der Waals surface area contributed by atoms with Crippen LogP contribution in [0, 0.1) is 12.7 Å². The zero-order valence-electron chi connectivity index (χ0n) is 9.14. The van der Waals surface area contributed by atoms with E-state index in [1.807, 2.05) is 13.0 Å². The van der Waals surface area contributed by atoms with Crippen molar-refractivity contribution < 1.29 is 4.39 Å². The van der Waals surface area contributed by atoms with Crippen LogP contribution in [0.25, 0.3) is 0 Å². The van der Waals surface area contributed by atoms with Gasteiger partial charge in [0.25, 0.3) is 0 Å². The highest BCUT2D eigenvalue weighted by Gasteiger charge is 2.06. The number of rotatable bonds is 5. The largest absolute Gasteiger partial charge is 0.260 e. The first kappa shape index (κ1) is 12.3. The molecule has 0 amide bonds. The zero-order valence-corrected chi connectivity index (χ0v) is 9.96. The minimum atomic E-state index is -0.144. The summed E-state index contributed by atoms with van der Waals surface area (Å²) in [6.07, 6.45) is 2.51. The van der Waals surface area contributed by atoms with E-state index in [1.165, 1.54) is 11.9 Å². The maximum atomic E-state index is 13.5. The molecular weight excluding hydrogens is 209 g/mol. The molecule has 1 aromatic carbocycles. The highest BCUT2D eigenvalue weighted by molar-refractivity contribution is 7.97. The SMILES string of the molecule is C=CCc1cc(SNCC)cc(F)c1C. The van der Waals surface area contributed by atoms with Crippen molar-refractivity contribution in [3.05, 3.63) is 41.7 Å². The number of halogens is 1. The predicted octanol–water partition coefficient (Wildman–Crippen LogP) is 3.48. The lowest BCUT2D eigenvalue weighted by molar-refractivity contribution is 0.612. The van der Waals surface area contributed by atoms with Crippen LogP contribution in [0.1, 0.15) is 18.1 Å². The van der Waals surface area contributed by atoms with Gasteiger partial charge in [0.15, 0.2) is 0 Å². The first-order valence-corrected chi connectivity index (χ1v) is 5.80. The lowest BCUT2D eigenvalue weighted by Gasteiger charge is -2.08. The molecule has 82 valence electrons. The molecule has 0 saturated carbocycles. The normalized spacial score (nSPS) is 10.3. The number of allylic oxidation sites excluding steroid dienone is 1. The van der Waals surface area contributed by atoms with Gasteiger partial charge in [-0.1, -0.05) is 13.0 Å². The molecule has 1 aromatic rings. The van der Waals surface area contributed by atoms with Gasteiger partial charge in [-0.05, 0) is 48.6 Å². The standard InChI is InChI=1S/C12H16FNS/c1-4-6-10-7-11(15-14-5-2)8-12(13)9(10)3/h4,7-8,14H,1,5-6H2,2-3H3. The Morgan fingerprint density at radius 2 is 2.27 bits per heavy atom. The Hall–Kier alpha value is -0.800. The van der Waals surface area contributed by atoms with Crippen molar-refractivity contribution >= 4 is 11.9 Å². The quantitative estimate of drug-likeness (QED) is 0.608. The Kier molecular flexibility index (Phi) is 4.85. The smallest absolute Gasteiger partial charge is 0.127 e. The molecule has 0 aliphatic carbocycles. The average Bonchev–Trinajstić information content (AvgIpc) is 2.22. The van der Waals surface area contributed by atoms with Gasteiger partial charge < -0.3 is 0 Å². The first-order valence-electron chi connectivity index (χ1n) is 4.98. The molecule has 0 saturated heterocycles. The van der Waals surface area contributed by atoms with Crippen LogP contribution in [-0.2, 0) is 6.42 Å². The van der Waals surface area contributed by atoms with E-state index in [2.05, 4.69) is 11.3 Å². The van der Waals surface area contributed by atoms with Gasteiger partial charge >= 0.3 is 0 Å². The second-order valence-electron chi connectivity index (χ2n) is 3.28. The molecule has 0 aliphatic heterocycles. The molecule has 1 N–H and O–H groups in total. The third-order valence-electron chi connectivity index (χ3n) is 2.12. The molecule has 0 fully saturated rings. The van der Waals surface area contributed by atoms with Gasteiger partial charge in [-0.15, -0.1) is 6.58 Å². The molecule has 0 spiro atoms. The van der Waals surface area contributed by atoms with Gasteiger partial charge in [0.05, 0.1) is 0 Å². The molecular formula is C12H16FNS. The van der Waals surface area contributed by atoms with E-state index in [4.69, 9.17) is 0 Å². The Morgan fingerprint density at radius 1 is 1.53 bits per heavy atom. The van der Waals surface area contributed by atoms with Crippen molar-refractivity contribution in [3.8, 4) is 0 Å². The van der Waals surface area contributed by atoms with Gasteiger partial charge in [-0.3, -0.25) is 4.72 Å². The highest BCUT2D eigenvalue weighted by Crippen LogP contribution is 2.22. The zero-order chi connectivity index (χ0) is 11.3. The number of hydrogen-bond acceptors (Lipinski definition) is 2. The fourth-order valence-corrected chi connectivity index (χ4v) is 1.96. The van der Waals surface area contributed by atoms with E-state index >= 15 is 0 Å². The van der Waals surface area contributed by atoms with Gasteiger partial charge in [0.2, 0.25) is 0 Å². The van der Waals surface area contributed by atoms with Crippen molar-refractivity contribution in [2.45, 2.75) is 25.2 Å². The molecule has 1 rings (SSSR count). The van der Waals surface area contributed by atoms with Crippen molar-refractivity contribution in [2.24, 2.45) is 0 Å². The fraction of sp³-hybridized carbons (Fsp3) is 0.333. The Bertz CT molecular complexity index is 350. The second-order valence-corrected chi connectivity index (χ2v) is 4.25. The summed E-state index contributed by atoms with van der Waals surface area (Å²) in [7, 11) is 0. The second kappa shape index (κ2) is 5.93. The number of hydrogen-bond donors (Lipinski definition) is 1. The summed E-state index contributed by atoms with van der Waals surface area (Å²) in [6.45, 7) is 8.35. The van der Waals surface area contributed by atoms with Gasteiger partial charge in [-0.25, -0.2) is 4.39 Å². The number of benzene rings is 1. The topological polar surface area (TPSA) is 12.0 Å². The summed E-state index contributed by atoms with van der Waals surface area (Å²) in [5.74, 6) is -0.144. The van der Waals surface area contributed by atoms with E-state index in [-0.39, 0.29) is 5.82 Å². The van der Waals surface area contributed by atoms with E-state index < -0.39 is 0 Å². The van der Waals surface area contributed by atoms with Crippen molar-refractivity contribution in [2.75, 3.05) is 6.54 Å². The van der Waals surface area contributed by atoms with Crippen molar-refractivity contribution in [3.63, 3.8) is 0 Å². The van der Waals surface area contributed by atoms with Crippen LogP contribution >= 0.6 is 11.9 Å². The summed E-state index contributed by atoms with van der Waals surface area (Å²) < 4.78 is 16.6. The van der Waals surface area contributed by atoms with E-state index in [0.717, 1.165) is 22.6 Å². The van der Waals surface area contributed by atoms with Crippen LogP contribution in [0.3, 0.4) is 0 Å². The molecule has 0 aliphatic rings. The minimum absolute atomic E-state index is 0.144. The van der Waals surface area contributed by atoms with E-state index in [0.29, 0.717) is 6.42 Å². The van der Waals surface area contributed by atoms with Crippen LogP contribution in [-0.4, -0.2) is 6.54 Å². The van der Waals surface area contributed by atoms with Crippen LogP contribution in [0.2, 0.25) is 0 Å². The molecule has 1 nitrogen and oxygen atoms in total. The van der Waals surface area contributed by atoms with E-state index in [9.17, 15) is 4.39 Å². The molecule has 0 atom stereocenters. The molecule has 0 bridgehead atoms. The molecule has 0 unspecified atom stereocenters. The summed E-state index contributed by atoms with van der Waals surface area (Å²) in [5, 5.41) is 0. The Morgan fingerprint density at radius 3 is 2.87 bits per heavy atom. The molecule has 15 heavy (non-hydrogen) atoms. The van der Waals surface area contributed by atoms with Crippen LogP contribution in [0.5, 0.6) is 0 Å². The lowest BCUT2D eigenvalue weighted by atomic mass is 10.1. The van der Waals surface area contributed by atoms with E-state index in [1.54, 1.807) is 19.1 Å². The van der Waals surface area contributed by atoms with Crippen molar-refractivity contribution in [1.82, 2.24) is 4.72 Å². The van der Waals surface area contributed by atoms with Crippen LogP contribution in [0.15, 0.2) is 29.7 Å². The Labute approximate surface area is 94.9 Å². The summed E-state index contributed by atoms with van der Waals surface area (Å²) >= 11 is 1.46. The fourth-order valence-electron chi connectivity index (χ4n) is 1.29. The molecule has 0 aromatic heterocycles. The highest BCUT2D eigenvalue weighted by atomic mass is 32.2. The lowest BCUT2D eigenvalue weighted by Crippen LogP contribution is -2.01. The Balaban J connectivity index is 2.94. The van der Waals surface area contributed by atoms with Gasteiger partial charge in [0, 0.05) is 11.4 Å². The van der Waals surface area contributed by atoms with Crippen molar-refractivity contribution in [1.29, 1.82) is 0 Å². The predicted molar refractivity (Wildman–Crippen MR) is 64.6 cm³/mol. The third-order valence-corrected chi connectivity index (χ3v) is 3.03. The van der Waals surface area contributed by atoms with Gasteiger partial charge in [0.1, 0.15) is 5.82 Å². The molecule has 0 radical (unpaired) electrons.